The Labute approximate surface area is 210 Å². The molecule has 1 N–H and O–H groups in total. The normalized spacial score (nSPS) is 35.0. The molecule has 0 bridgehead atoms. The highest BCUT2D eigenvalue weighted by molar-refractivity contribution is 6.05. The van der Waals surface area contributed by atoms with Crippen LogP contribution >= 0.6 is 0 Å². The molecular weight excluding hydrogens is 464 g/mol. The van der Waals surface area contributed by atoms with Gasteiger partial charge in [0.15, 0.2) is 0 Å². The van der Waals surface area contributed by atoms with Gasteiger partial charge >= 0.3 is 5.97 Å². The maximum atomic E-state index is 14.2. The molecule has 192 valence electrons. The second kappa shape index (κ2) is 9.37. The number of likely N-dealkylation sites (tertiary alicyclic amines) is 1. The predicted molar refractivity (Wildman–Crippen MR) is 130 cm³/mol. The first-order valence-electron chi connectivity index (χ1n) is 12.5. The van der Waals surface area contributed by atoms with Crippen LogP contribution in [0, 0.1) is 11.8 Å². The summed E-state index contributed by atoms with van der Waals surface area (Å²) in [6, 6.07) is 6.06. The minimum absolute atomic E-state index is 0.0462. The Morgan fingerprint density at radius 2 is 1.83 bits per heavy atom. The van der Waals surface area contributed by atoms with E-state index in [1.54, 1.807) is 49.3 Å². The van der Waals surface area contributed by atoms with Crippen LogP contribution in [0.1, 0.15) is 26.2 Å². The third-order valence-electron chi connectivity index (χ3n) is 7.73. The first-order valence-corrected chi connectivity index (χ1v) is 12.5. The Morgan fingerprint density at radius 1 is 1.06 bits per heavy atom. The van der Waals surface area contributed by atoms with Crippen LogP contribution in [0.25, 0.3) is 0 Å². The largest absolute Gasteiger partial charge is 0.497 e. The van der Waals surface area contributed by atoms with Crippen LogP contribution in [0.3, 0.4) is 0 Å². The van der Waals surface area contributed by atoms with E-state index in [1.807, 2.05) is 18.2 Å². The molecule has 36 heavy (non-hydrogen) atoms. The van der Waals surface area contributed by atoms with Crippen LogP contribution in [0.4, 0.5) is 5.69 Å². The third-order valence-corrected chi connectivity index (χ3v) is 7.73. The number of amides is 2. The second-order valence-corrected chi connectivity index (χ2v) is 9.87. The zero-order valence-electron chi connectivity index (χ0n) is 20.6. The zero-order valence-corrected chi connectivity index (χ0v) is 20.6. The fourth-order valence-electron chi connectivity index (χ4n) is 6.14. The van der Waals surface area contributed by atoms with Gasteiger partial charge in [0.1, 0.15) is 23.3 Å². The number of hydrogen-bond donors (Lipinski definition) is 1. The quantitative estimate of drug-likeness (QED) is 0.501. The predicted octanol–water partition coefficient (Wildman–Crippen LogP) is 1.84. The summed E-state index contributed by atoms with van der Waals surface area (Å²) in [7, 11) is 1.57. The van der Waals surface area contributed by atoms with Crippen molar-refractivity contribution in [1.29, 1.82) is 0 Å². The lowest BCUT2D eigenvalue weighted by Gasteiger charge is -2.37. The van der Waals surface area contributed by atoms with Crippen molar-refractivity contribution in [1.82, 2.24) is 4.90 Å². The lowest BCUT2D eigenvalue weighted by Crippen LogP contribution is -2.56. The molecule has 1 aromatic carbocycles. The molecular formula is C27H32N2O7. The van der Waals surface area contributed by atoms with Crippen molar-refractivity contribution < 1.29 is 33.7 Å². The van der Waals surface area contributed by atoms with E-state index in [1.165, 1.54) is 4.90 Å². The number of carbonyl (C=O) groups excluding carboxylic acids is 3. The topological polar surface area (TPSA) is 106 Å². The maximum absolute atomic E-state index is 14.2. The number of carbonyl (C=O) groups is 3. The van der Waals surface area contributed by atoms with Crippen molar-refractivity contribution in [2.45, 2.75) is 43.4 Å². The number of anilines is 1. The Hall–Kier alpha value is -3.17. The van der Waals surface area contributed by atoms with Gasteiger partial charge in [0.2, 0.25) is 5.91 Å². The number of aliphatic hydroxyl groups excluding tert-OH is 1. The molecule has 4 aliphatic heterocycles. The van der Waals surface area contributed by atoms with Crippen LogP contribution in [-0.2, 0) is 23.9 Å². The summed E-state index contributed by atoms with van der Waals surface area (Å²) in [6.07, 6.45) is 9.84. The molecule has 0 aliphatic carbocycles. The molecule has 4 heterocycles. The van der Waals surface area contributed by atoms with Gasteiger partial charge in [-0.05, 0) is 50.5 Å². The van der Waals surface area contributed by atoms with Crippen LogP contribution < -0.4 is 9.64 Å². The lowest BCUT2D eigenvalue weighted by molar-refractivity contribution is -0.158. The molecule has 9 nitrogen and oxygen atoms in total. The van der Waals surface area contributed by atoms with E-state index < -0.39 is 35.0 Å². The van der Waals surface area contributed by atoms with E-state index in [0.29, 0.717) is 11.4 Å². The molecule has 5 rings (SSSR count). The van der Waals surface area contributed by atoms with E-state index in [0.717, 1.165) is 19.3 Å². The summed E-state index contributed by atoms with van der Waals surface area (Å²) in [5.74, 6) is -2.44. The minimum Gasteiger partial charge on any atom is -0.497 e. The van der Waals surface area contributed by atoms with Gasteiger partial charge in [-0.2, -0.15) is 0 Å². The van der Waals surface area contributed by atoms with Crippen LogP contribution in [0.5, 0.6) is 5.75 Å². The van der Waals surface area contributed by atoms with Gasteiger partial charge in [0, 0.05) is 18.8 Å². The van der Waals surface area contributed by atoms with Gasteiger partial charge in [0.25, 0.3) is 5.91 Å². The number of nitrogens with zero attached hydrogens (tertiary/aromatic N) is 2. The number of rotatable bonds is 4. The molecule has 0 saturated carbocycles. The number of hydrogen-bond acceptors (Lipinski definition) is 7. The van der Waals surface area contributed by atoms with E-state index in [2.05, 4.69) is 0 Å². The van der Waals surface area contributed by atoms with E-state index in [-0.39, 0.29) is 38.1 Å². The van der Waals surface area contributed by atoms with Crippen molar-refractivity contribution in [3.05, 3.63) is 48.6 Å². The SMILES string of the molecule is COc1ccc(N2CC=C[C@]34O[C@]5(C)/C=C\CCCCOC(=O)[C@@H]5[C@H]3C(=O)N(CCO)C4C2=O)cc1. The van der Waals surface area contributed by atoms with Crippen LogP contribution in [0.15, 0.2) is 48.6 Å². The molecule has 1 aromatic rings. The van der Waals surface area contributed by atoms with Gasteiger partial charge in [-0.15, -0.1) is 0 Å². The summed E-state index contributed by atoms with van der Waals surface area (Å²) in [6.45, 7) is 1.96. The molecule has 5 atom stereocenters. The smallest absolute Gasteiger partial charge is 0.313 e. The Bertz CT molecular complexity index is 1100. The number of ether oxygens (including phenoxy) is 3. The molecule has 9 heteroatoms. The van der Waals surface area contributed by atoms with E-state index in [4.69, 9.17) is 14.2 Å². The molecule has 2 amide bonds. The number of esters is 1. The summed E-state index contributed by atoms with van der Waals surface area (Å²) >= 11 is 0. The van der Waals surface area contributed by atoms with Gasteiger partial charge in [-0.25, -0.2) is 0 Å². The van der Waals surface area contributed by atoms with E-state index in [9.17, 15) is 19.5 Å². The fourth-order valence-corrected chi connectivity index (χ4v) is 6.14. The van der Waals surface area contributed by atoms with Crippen molar-refractivity contribution >= 4 is 23.5 Å². The summed E-state index contributed by atoms with van der Waals surface area (Å²) < 4.78 is 17.5. The highest BCUT2D eigenvalue weighted by Crippen LogP contribution is 2.57. The molecule has 1 unspecified atom stereocenters. The molecule has 0 radical (unpaired) electrons. The average molecular weight is 497 g/mol. The fraction of sp³-hybridized carbons (Fsp3) is 0.519. The van der Waals surface area contributed by atoms with Gasteiger partial charge in [-0.1, -0.05) is 24.3 Å². The molecule has 4 aliphatic rings. The Morgan fingerprint density at radius 3 is 2.56 bits per heavy atom. The average Bonchev–Trinajstić information content (AvgIpc) is 3.19. The van der Waals surface area contributed by atoms with Crippen molar-refractivity contribution in [3.8, 4) is 5.75 Å². The number of methoxy groups -OCH3 is 1. The monoisotopic (exact) mass is 496 g/mol. The van der Waals surface area contributed by atoms with Gasteiger partial charge in [0.05, 0.1) is 31.8 Å². The summed E-state index contributed by atoms with van der Waals surface area (Å²) in [4.78, 5) is 44.4. The number of β-amino-alcohol motifs (C(OH)–C–C–N with tert-alkyl or cyclic N) is 1. The number of fused-ring (bicyclic) bond motifs is 2. The number of aliphatic hydroxyl groups is 1. The van der Waals surface area contributed by atoms with Gasteiger partial charge in [-0.3, -0.25) is 14.4 Å². The molecule has 0 aromatic heterocycles. The van der Waals surface area contributed by atoms with Crippen LogP contribution in [-0.4, -0.2) is 78.4 Å². The minimum atomic E-state index is -1.37. The first kappa shape index (κ1) is 24.5. The number of benzene rings is 1. The van der Waals surface area contributed by atoms with Crippen LogP contribution in [0.2, 0.25) is 0 Å². The van der Waals surface area contributed by atoms with Gasteiger partial charge < -0.3 is 29.1 Å². The summed E-state index contributed by atoms with van der Waals surface area (Å²) in [5, 5.41) is 9.78. The standard InChI is InChI=1S/C27H32N2O7/c1-26-12-5-3-4-6-17-35-25(33)21(26)20-23(31)29(15-16-30)22-24(32)28(14-7-13-27(20,22)36-26)18-8-10-19(34-2)11-9-18/h5,7-13,20-22,30H,3-4,6,14-17H2,1-2H3/b12-5-/t20-,21-,22?,26+,27-/m0/s1. The number of cyclic esters (lactones) is 1. The first-order chi connectivity index (χ1) is 17.4. The summed E-state index contributed by atoms with van der Waals surface area (Å²) in [5.41, 5.74) is -1.86. The third kappa shape index (κ3) is 3.72. The number of allylic oxidation sites excluding steroid dienone is 1. The van der Waals surface area contributed by atoms with Crippen molar-refractivity contribution in [3.63, 3.8) is 0 Å². The molecule has 1 spiro atoms. The van der Waals surface area contributed by atoms with Crippen molar-refractivity contribution in [2.75, 3.05) is 38.3 Å². The lowest BCUT2D eigenvalue weighted by atomic mass is 9.74. The second-order valence-electron chi connectivity index (χ2n) is 9.87. The maximum Gasteiger partial charge on any atom is 0.313 e. The molecule has 2 fully saturated rings. The van der Waals surface area contributed by atoms with Crippen molar-refractivity contribution in [2.24, 2.45) is 11.8 Å². The Balaban J connectivity index is 1.61. The zero-order chi connectivity index (χ0) is 25.5. The molecule has 2 saturated heterocycles. The van der Waals surface area contributed by atoms with E-state index >= 15 is 0 Å². The highest BCUT2D eigenvalue weighted by Gasteiger charge is 2.74. The Kier molecular flexibility index (Phi) is 6.38. The highest BCUT2D eigenvalue weighted by atomic mass is 16.6.